The number of esters is 4. The quantitative estimate of drug-likeness (QED) is 0.251. The van der Waals surface area contributed by atoms with Gasteiger partial charge in [0, 0.05) is 52.2 Å². The van der Waals surface area contributed by atoms with E-state index in [0.29, 0.717) is 30.0 Å². The molecule has 3 aromatic rings. The Bertz CT molecular complexity index is 1420. The first-order chi connectivity index (χ1) is 20.0. The molecule has 5 atom stereocenters. The molecule has 0 amide bonds. The smallest absolute Gasteiger partial charge is 0.303 e. The van der Waals surface area contributed by atoms with Gasteiger partial charge in [-0.15, -0.1) is 5.10 Å². The van der Waals surface area contributed by atoms with Crippen LogP contribution in [0.3, 0.4) is 0 Å². The van der Waals surface area contributed by atoms with Crippen molar-refractivity contribution in [2.75, 3.05) is 6.61 Å². The molecule has 14 heteroatoms. The van der Waals surface area contributed by atoms with Gasteiger partial charge >= 0.3 is 23.9 Å². The van der Waals surface area contributed by atoms with E-state index in [-0.39, 0.29) is 6.61 Å². The first-order valence-corrected chi connectivity index (χ1v) is 13.2. The molecule has 0 radical (unpaired) electrons. The summed E-state index contributed by atoms with van der Waals surface area (Å²) >= 11 is 0. The maximum atomic E-state index is 12.1. The number of carbonyl (C=O) groups is 4. The second-order valence-electron chi connectivity index (χ2n) is 9.82. The van der Waals surface area contributed by atoms with Crippen molar-refractivity contribution in [3.8, 4) is 11.3 Å². The third-order valence-electron chi connectivity index (χ3n) is 6.32. The Kier molecular flexibility index (Phi) is 9.68. The molecular formula is C28H32N4O10. The van der Waals surface area contributed by atoms with E-state index in [9.17, 15) is 19.2 Å². The Balaban J connectivity index is 1.56. The van der Waals surface area contributed by atoms with Gasteiger partial charge in [0.25, 0.3) is 0 Å². The molecule has 42 heavy (non-hydrogen) atoms. The summed E-state index contributed by atoms with van der Waals surface area (Å²) < 4.78 is 34.4. The molecule has 4 rings (SSSR count). The minimum Gasteiger partial charge on any atom is -0.463 e. The number of ether oxygens (including phenoxy) is 5. The molecule has 1 fully saturated rings. The molecule has 14 nitrogen and oxygen atoms in total. The monoisotopic (exact) mass is 584 g/mol. The Morgan fingerprint density at radius 2 is 1.50 bits per heavy atom. The summed E-state index contributed by atoms with van der Waals surface area (Å²) in [6.07, 6.45) is -3.65. The number of hydrogen-bond donors (Lipinski definition) is 0. The van der Waals surface area contributed by atoms with Crippen LogP contribution in [0.25, 0.3) is 11.3 Å². The number of carbonyl (C=O) groups excluding carboxylic acids is 4. The van der Waals surface area contributed by atoms with E-state index in [0.717, 1.165) is 25.0 Å². The third kappa shape index (κ3) is 7.78. The fraction of sp³-hybridized carbons (Fsp3) is 0.464. The largest absolute Gasteiger partial charge is 0.463 e. The lowest BCUT2D eigenvalue weighted by molar-refractivity contribution is -0.270. The van der Waals surface area contributed by atoms with Crippen LogP contribution in [0.5, 0.6) is 0 Å². The van der Waals surface area contributed by atoms with Gasteiger partial charge in [0.1, 0.15) is 24.2 Å². The van der Waals surface area contributed by atoms with E-state index < -0.39 is 54.5 Å². The predicted molar refractivity (Wildman–Crippen MR) is 141 cm³/mol. The summed E-state index contributed by atoms with van der Waals surface area (Å²) in [6, 6.07) is 9.78. The van der Waals surface area contributed by atoms with E-state index in [1.807, 2.05) is 37.3 Å². The molecule has 1 saturated heterocycles. The van der Waals surface area contributed by atoms with E-state index in [4.69, 9.17) is 28.2 Å². The van der Waals surface area contributed by atoms with Crippen molar-refractivity contribution in [2.24, 2.45) is 0 Å². The number of rotatable bonds is 10. The second kappa shape index (κ2) is 13.4. The molecule has 0 saturated carbocycles. The highest BCUT2D eigenvalue weighted by Gasteiger charge is 2.53. The van der Waals surface area contributed by atoms with Crippen molar-refractivity contribution in [3.05, 3.63) is 53.5 Å². The molecule has 1 aliphatic rings. The number of nitrogens with zero attached hydrogens (tertiary/aromatic N) is 4. The zero-order valence-corrected chi connectivity index (χ0v) is 23.8. The number of hydrogen-bond acceptors (Lipinski definition) is 13. The molecule has 224 valence electrons. The highest BCUT2D eigenvalue weighted by atomic mass is 16.7. The van der Waals surface area contributed by atoms with Crippen LogP contribution in [-0.2, 0) is 55.7 Å². The molecule has 1 aromatic carbocycles. The first kappa shape index (κ1) is 30.4. The normalized spacial score (nSPS) is 21.8. The zero-order chi connectivity index (χ0) is 30.4. The molecule has 2 aromatic heterocycles. The lowest BCUT2D eigenvalue weighted by atomic mass is 9.97. The van der Waals surface area contributed by atoms with E-state index in [1.165, 1.54) is 18.5 Å². The Hall–Kier alpha value is -4.59. The van der Waals surface area contributed by atoms with Crippen LogP contribution in [0.15, 0.2) is 41.1 Å². The lowest BCUT2D eigenvalue weighted by Crippen LogP contribution is -2.60. The molecule has 0 N–H and O–H groups in total. The summed E-state index contributed by atoms with van der Waals surface area (Å²) in [6.45, 7) is 6.35. The summed E-state index contributed by atoms with van der Waals surface area (Å²) in [5.74, 6) is -2.11. The van der Waals surface area contributed by atoms with Crippen molar-refractivity contribution >= 4 is 23.9 Å². The van der Waals surface area contributed by atoms with Crippen LogP contribution in [0.2, 0.25) is 0 Å². The standard InChI is InChI=1S/C28H32N4O10/c1-15-6-8-20(9-7-15)23-12-22(42-30-23)11-10-21-13-32(31-29-21)28-27(40-19(5)36)26(39-18(4)35)25(38-17(3)34)24(41-28)14-37-16(2)33/h6-9,12-13,24-28H,10-11,14H2,1-5H3/t24-,25-,26+,27-,28-/m0/s1. The lowest BCUT2D eigenvalue weighted by Gasteiger charge is -2.44. The fourth-order valence-electron chi connectivity index (χ4n) is 4.51. The minimum atomic E-state index is -1.31. The van der Waals surface area contributed by atoms with Crippen molar-refractivity contribution in [2.45, 2.75) is 78.1 Å². The van der Waals surface area contributed by atoms with Crippen LogP contribution in [0, 0.1) is 6.92 Å². The summed E-state index contributed by atoms with van der Waals surface area (Å²) in [5.41, 5.74) is 3.34. The van der Waals surface area contributed by atoms with Gasteiger partial charge < -0.3 is 28.2 Å². The van der Waals surface area contributed by atoms with Gasteiger partial charge in [0.05, 0.1) is 11.9 Å². The molecule has 0 unspecified atom stereocenters. The molecule has 1 aliphatic heterocycles. The van der Waals surface area contributed by atoms with Gasteiger partial charge in [-0.1, -0.05) is 40.2 Å². The maximum Gasteiger partial charge on any atom is 0.303 e. The van der Waals surface area contributed by atoms with Gasteiger partial charge in [-0.3, -0.25) is 19.2 Å². The second-order valence-corrected chi connectivity index (χ2v) is 9.82. The van der Waals surface area contributed by atoms with E-state index in [2.05, 4.69) is 15.5 Å². The molecule has 0 aliphatic carbocycles. The van der Waals surface area contributed by atoms with Crippen molar-refractivity contribution in [3.63, 3.8) is 0 Å². The molecule has 0 spiro atoms. The first-order valence-electron chi connectivity index (χ1n) is 13.2. The van der Waals surface area contributed by atoms with Gasteiger partial charge in [-0.2, -0.15) is 0 Å². The molecule has 3 heterocycles. The van der Waals surface area contributed by atoms with Crippen molar-refractivity contribution < 1.29 is 47.4 Å². The molecular weight excluding hydrogens is 552 g/mol. The molecule has 0 bridgehead atoms. The van der Waals surface area contributed by atoms with Crippen LogP contribution in [0.4, 0.5) is 0 Å². The number of benzene rings is 1. The predicted octanol–water partition coefficient (Wildman–Crippen LogP) is 2.28. The van der Waals surface area contributed by atoms with Crippen LogP contribution in [-0.4, -0.2) is 75.1 Å². The van der Waals surface area contributed by atoms with Crippen LogP contribution in [0.1, 0.15) is 50.9 Å². The minimum absolute atomic E-state index is 0.343. The van der Waals surface area contributed by atoms with Gasteiger partial charge in [0.2, 0.25) is 0 Å². The summed E-state index contributed by atoms with van der Waals surface area (Å²) in [4.78, 5) is 47.6. The Labute approximate surface area is 241 Å². The highest BCUT2D eigenvalue weighted by molar-refractivity contribution is 5.68. The van der Waals surface area contributed by atoms with E-state index in [1.54, 1.807) is 6.20 Å². The third-order valence-corrected chi connectivity index (χ3v) is 6.32. The van der Waals surface area contributed by atoms with Crippen molar-refractivity contribution in [1.29, 1.82) is 0 Å². The topological polar surface area (TPSA) is 171 Å². The number of aryl methyl sites for hydroxylation is 3. The SMILES string of the molecule is CC(=O)OC[C@@H]1O[C@H](n2cc(CCc3cc(-c4ccc(C)cc4)no3)nn2)[C@@H](OC(C)=O)[C@H](OC(C)=O)[C@H]1OC(C)=O. The fourth-order valence-corrected chi connectivity index (χ4v) is 4.51. The Morgan fingerprint density at radius 1 is 0.857 bits per heavy atom. The summed E-state index contributed by atoms with van der Waals surface area (Å²) in [5, 5.41) is 12.5. The van der Waals surface area contributed by atoms with Crippen LogP contribution < -0.4 is 0 Å². The Morgan fingerprint density at radius 3 is 2.14 bits per heavy atom. The van der Waals surface area contributed by atoms with Gasteiger partial charge in [-0.05, 0) is 6.92 Å². The van der Waals surface area contributed by atoms with Crippen molar-refractivity contribution in [1.82, 2.24) is 20.2 Å². The highest BCUT2D eigenvalue weighted by Crippen LogP contribution is 2.34. The summed E-state index contributed by atoms with van der Waals surface area (Å²) in [7, 11) is 0. The maximum absolute atomic E-state index is 12.1. The average Bonchev–Trinajstić information content (AvgIpc) is 3.58. The van der Waals surface area contributed by atoms with Gasteiger partial charge in [0.15, 0.2) is 24.5 Å². The van der Waals surface area contributed by atoms with E-state index >= 15 is 0 Å². The zero-order valence-electron chi connectivity index (χ0n) is 23.8. The van der Waals surface area contributed by atoms with Gasteiger partial charge in [-0.25, -0.2) is 4.68 Å². The average molecular weight is 585 g/mol. The van der Waals surface area contributed by atoms with Crippen LogP contribution >= 0.6 is 0 Å². The number of aromatic nitrogens is 4.